The lowest BCUT2D eigenvalue weighted by molar-refractivity contribution is 0.561. The van der Waals surface area contributed by atoms with Crippen molar-refractivity contribution in [3.63, 3.8) is 0 Å². The molecular formula is C8H11O. The van der Waals surface area contributed by atoms with Crippen molar-refractivity contribution in [3.8, 4) is 0 Å². The number of carbonyl (C=O) groups excluding carboxylic acids is 1. The molecule has 0 aliphatic rings. The Labute approximate surface area is 56.1 Å². The summed E-state index contributed by atoms with van der Waals surface area (Å²) in [6.45, 7) is 3.77. The molecule has 0 saturated heterocycles. The summed E-state index contributed by atoms with van der Waals surface area (Å²) in [5, 5.41) is 0. The van der Waals surface area contributed by atoms with Gasteiger partial charge in [-0.15, -0.1) is 0 Å². The molecule has 0 saturated carbocycles. The molecule has 0 bridgehead atoms. The van der Waals surface area contributed by atoms with Crippen LogP contribution in [0.4, 0.5) is 0 Å². The van der Waals surface area contributed by atoms with Crippen molar-refractivity contribution in [2.24, 2.45) is 0 Å². The van der Waals surface area contributed by atoms with Crippen molar-refractivity contribution >= 4 is 6.29 Å². The molecule has 0 aromatic heterocycles. The maximum Gasteiger partial charge on any atom is 0.229 e. The molecule has 1 heteroatoms. The Morgan fingerprint density at radius 2 is 2.22 bits per heavy atom. The molecule has 0 fully saturated rings. The second kappa shape index (κ2) is 5.29. The molecule has 0 amide bonds. The maximum atomic E-state index is 10.0. The highest BCUT2D eigenvalue weighted by atomic mass is 16.1. The topological polar surface area (TPSA) is 17.1 Å². The highest BCUT2D eigenvalue weighted by molar-refractivity contribution is 5.74. The third-order valence-corrected chi connectivity index (χ3v) is 1.05. The van der Waals surface area contributed by atoms with Crippen LogP contribution in [0.3, 0.4) is 0 Å². The molecule has 0 aromatic rings. The average Bonchev–Trinajstić information content (AvgIpc) is 1.91. The summed E-state index contributed by atoms with van der Waals surface area (Å²) in [6, 6.07) is 0. The van der Waals surface area contributed by atoms with Gasteiger partial charge in [-0.2, -0.15) is 0 Å². The average molecular weight is 123 g/mol. The Balaban J connectivity index is 3.71. The van der Waals surface area contributed by atoms with Crippen molar-refractivity contribution in [1.82, 2.24) is 0 Å². The molecule has 0 atom stereocenters. The minimum absolute atomic E-state index is 0.705. The van der Waals surface area contributed by atoms with Gasteiger partial charge in [0.25, 0.3) is 0 Å². The number of hydrogen-bond donors (Lipinski definition) is 0. The molecule has 1 radical (unpaired) electrons. The van der Waals surface area contributed by atoms with Crippen LogP contribution in [0, 0.1) is 0 Å². The van der Waals surface area contributed by atoms with E-state index in [1.807, 2.05) is 32.3 Å². The van der Waals surface area contributed by atoms with Gasteiger partial charge in [-0.1, -0.05) is 18.2 Å². The van der Waals surface area contributed by atoms with Crippen molar-refractivity contribution in [3.05, 3.63) is 23.8 Å². The smallest absolute Gasteiger partial charge is 0.229 e. The zero-order valence-electron chi connectivity index (χ0n) is 5.85. The monoisotopic (exact) mass is 123 g/mol. The van der Waals surface area contributed by atoms with Gasteiger partial charge < -0.3 is 0 Å². The van der Waals surface area contributed by atoms with Crippen LogP contribution < -0.4 is 0 Å². The SMILES string of the molecule is CC=CC/C([C]=O)=C\C. The van der Waals surface area contributed by atoms with Gasteiger partial charge >= 0.3 is 0 Å². The molecule has 0 N–H and O–H groups in total. The zero-order valence-corrected chi connectivity index (χ0v) is 5.85. The van der Waals surface area contributed by atoms with Gasteiger partial charge in [-0.3, -0.25) is 4.79 Å². The molecular weight excluding hydrogens is 112 g/mol. The maximum absolute atomic E-state index is 10.0. The first-order valence-corrected chi connectivity index (χ1v) is 2.99. The predicted molar refractivity (Wildman–Crippen MR) is 38.9 cm³/mol. The van der Waals surface area contributed by atoms with Crippen LogP contribution in [0.2, 0.25) is 0 Å². The summed E-state index contributed by atoms with van der Waals surface area (Å²) in [5.74, 6) is 0. The molecule has 0 unspecified atom stereocenters. The summed E-state index contributed by atoms with van der Waals surface area (Å²) in [7, 11) is 0. The molecule has 0 aliphatic carbocycles. The highest BCUT2D eigenvalue weighted by Gasteiger charge is 1.87. The van der Waals surface area contributed by atoms with E-state index in [0.717, 1.165) is 0 Å². The van der Waals surface area contributed by atoms with Crippen LogP contribution >= 0.6 is 0 Å². The van der Waals surface area contributed by atoms with Gasteiger partial charge in [0.2, 0.25) is 6.29 Å². The molecule has 0 aliphatic heterocycles. The molecule has 0 aromatic carbocycles. The Hall–Kier alpha value is -0.850. The van der Waals surface area contributed by atoms with E-state index in [2.05, 4.69) is 0 Å². The lowest BCUT2D eigenvalue weighted by Gasteiger charge is -1.86. The normalized spacial score (nSPS) is 12.4. The first-order chi connectivity index (χ1) is 4.35. The van der Waals surface area contributed by atoms with E-state index in [9.17, 15) is 4.79 Å². The lowest BCUT2D eigenvalue weighted by Crippen LogP contribution is -1.79. The van der Waals surface area contributed by atoms with Crippen molar-refractivity contribution in [2.45, 2.75) is 20.3 Å². The quantitative estimate of drug-likeness (QED) is 0.414. The summed E-state index contributed by atoms with van der Waals surface area (Å²) >= 11 is 0. The molecule has 0 spiro atoms. The molecule has 0 rings (SSSR count). The van der Waals surface area contributed by atoms with Crippen LogP contribution in [-0.4, -0.2) is 6.29 Å². The van der Waals surface area contributed by atoms with Crippen LogP contribution in [-0.2, 0) is 4.79 Å². The first kappa shape index (κ1) is 8.15. The van der Waals surface area contributed by atoms with E-state index in [4.69, 9.17) is 0 Å². The number of allylic oxidation sites excluding steroid dienone is 4. The largest absolute Gasteiger partial charge is 0.285 e. The van der Waals surface area contributed by atoms with Crippen LogP contribution in [0.1, 0.15) is 20.3 Å². The Bertz CT molecular complexity index is 132. The number of hydrogen-bond acceptors (Lipinski definition) is 1. The van der Waals surface area contributed by atoms with E-state index in [1.54, 1.807) is 6.08 Å². The Morgan fingerprint density at radius 3 is 2.56 bits per heavy atom. The third-order valence-electron chi connectivity index (χ3n) is 1.05. The van der Waals surface area contributed by atoms with Crippen LogP contribution in [0.15, 0.2) is 23.8 Å². The van der Waals surface area contributed by atoms with Gasteiger partial charge in [0.15, 0.2) is 0 Å². The van der Waals surface area contributed by atoms with E-state index in [1.165, 1.54) is 0 Å². The van der Waals surface area contributed by atoms with Crippen LogP contribution in [0.25, 0.3) is 0 Å². The predicted octanol–water partition coefficient (Wildman–Crippen LogP) is 2.01. The van der Waals surface area contributed by atoms with Crippen molar-refractivity contribution in [1.29, 1.82) is 0 Å². The van der Waals surface area contributed by atoms with Gasteiger partial charge in [-0.05, 0) is 20.3 Å². The fourth-order valence-corrected chi connectivity index (χ4v) is 0.463. The Morgan fingerprint density at radius 1 is 1.56 bits per heavy atom. The van der Waals surface area contributed by atoms with E-state index < -0.39 is 0 Å². The second-order valence-corrected chi connectivity index (χ2v) is 1.69. The summed E-state index contributed by atoms with van der Waals surface area (Å²) < 4.78 is 0. The van der Waals surface area contributed by atoms with Gasteiger partial charge in [0.05, 0.1) is 0 Å². The summed E-state index contributed by atoms with van der Waals surface area (Å²) in [4.78, 5) is 10.0. The van der Waals surface area contributed by atoms with Crippen molar-refractivity contribution in [2.75, 3.05) is 0 Å². The van der Waals surface area contributed by atoms with Crippen molar-refractivity contribution < 1.29 is 4.79 Å². The molecule has 9 heavy (non-hydrogen) atoms. The van der Waals surface area contributed by atoms with Gasteiger partial charge in [0.1, 0.15) is 0 Å². The second-order valence-electron chi connectivity index (χ2n) is 1.69. The summed E-state index contributed by atoms with van der Waals surface area (Å²) in [5.41, 5.74) is 0.716. The fraction of sp³-hybridized carbons (Fsp3) is 0.375. The van der Waals surface area contributed by atoms with E-state index >= 15 is 0 Å². The lowest BCUT2D eigenvalue weighted by atomic mass is 10.2. The van der Waals surface area contributed by atoms with Gasteiger partial charge in [-0.25, -0.2) is 0 Å². The zero-order chi connectivity index (χ0) is 7.11. The van der Waals surface area contributed by atoms with Gasteiger partial charge in [0, 0.05) is 5.57 Å². The Kier molecular flexibility index (Phi) is 4.79. The molecule has 0 heterocycles. The first-order valence-electron chi connectivity index (χ1n) is 2.99. The van der Waals surface area contributed by atoms with E-state index in [0.29, 0.717) is 12.0 Å². The summed E-state index contributed by atoms with van der Waals surface area (Å²) in [6.07, 6.45) is 8.17. The minimum Gasteiger partial charge on any atom is -0.285 e. The molecule has 49 valence electrons. The standard InChI is InChI=1S/C8H11O/c1-3-5-6-8(4-2)7-9/h3-5H,6H2,1-2H3/b5-3?,8-4+. The molecule has 1 nitrogen and oxygen atoms in total. The van der Waals surface area contributed by atoms with E-state index in [-0.39, 0.29) is 0 Å². The third kappa shape index (κ3) is 3.71. The minimum atomic E-state index is 0.705. The van der Waals surface area contributed by atoms with Crippen LogP contribution in [0.5, 0.6) is 0 Å². The highest BCUT2D eigenvalue weighted by Crippen LogP contribution is 1.96. The number of rotatable bonds is 3. The fourth-order valence-electron chi connectivity index (χ4n) is 0.463.